The summed E-state index contributed by atoms with van der Waals surface area (Å²) >= 11 is 0. The molecule has 0 spiro atoms. The standard InChI is InChI=1S/C19H22N2O3/c1-12-16-11-18(24-3)17(23-2)10-14(16)8-9-21(12)19(22)13-4-6-15(20)7-5-13/h4-7,10-12H,8-9,20H2,1-3H3/t12-/m1/s1. The van der Waals surface area contributed by atoms with Gasteiger partial charge in [-0.3, -0.25) is 4.79 Å². The van der Waals surface area contributed by atoms with E-state index in [0.717, 1.165) is 17.7 Å². The third-order valence-corrected chi connectivity index (χ3v) is 4.60. The number of ether oxygens (including phenoxy) is 2. The smallest absolute Gasteiger partial charge is 0.254 e. The van der Waals surface area contributed by atoms with Gasteiger partial charge in [0.15, 0.2) is 11.5 Å². The van der Waals surface area contributed by atoms with Gasteiger partial charge < -0.3 is 20.1 Å². The van der Waals surface area contributed by atoms with Gasteiger partial charge in [0, 0.05) is 17.8 Å². The number of nitrogens with zero attached hydrogens (tertiary/aromatic N) is 1. The summed E-state index contributed by atoms with van der Waals surface area (Å²) in [4.78, 5) is 14.7. The van der Waals surface area contributed by atoms with Gasteiger partial charge in [0.1, 0.15) is 0 Å². The van der Waals surface area contributed by atoms with Crippen LogP contribution in [0.3, 0.4) is 0 Å². The van der Waals surface area contributed by atoms with E-state index in [-0.39, 0.29) is 11.9 Å². The van der Waals surface area contributed by atoms with Crippen LogP contribution in [-0.4, -0.2) is 31.6 Å². The molecular weight excluding hydrogens is 304 g/mol. The van der Waals surface area contributed by atoms with Crippen molar-refractivity contribution in [2.45, 2.75) is 19.4 Å². The van der Waals surface area contributed by atoms with Crippen molar-refractivity contribution in [3.05, 3.63) is 53.1 Å². The summed E-state index contributed by atoms with van der Waals surface area (Å²) in [5, 5.41) is 0. The van der Waals surface area contributed by atoms with E-state index in [1.54, 1.807) is 38.5 Å². The zero-order valence-electron chi connectivity index (χ0n) is 14.2. The summed E-state index contributed by atoms with van der Waals surface area (Å²) in [7, 11) is 3.25. The molecule has 24 heavy (non-hydrogen) atoms. The Morgan fingerprint density at radius 3 is 2.38 bits per heavy atom. The first-order valence-electron chi connectivity index (χ1n) is 7.96. The highest BCUT2D eigenvalue weighted by Gasteiger charge is 2.29. The Hall–Kier alpha value is -2.69. The molecule has 2 aromatic carbocycles. The number of benzene rings is 2. The molecule has 0 unspecified atom stereocenters. The quantitative estimate of drug-likeness (QED) is 0.881. The summed E-state index contributed by atoms with van der Waals surface area (Å²) in [5.41, 5.74) is 9.31. The van der Waals surface area contributed by atoms with Crippen LogP contribution in [0.4, 0.5) is 5.69 Å². The largest absolute Gasteiger partial charge is 0.493 e. The minimum Gasteiger partial charge on any atom is -0.493 e. The Kier molecular flexibility index (Phi) is 4.34. The van der Waals surface area contributed by atoms with E-state index in [4.69, 9.17) is 15.2 Å². The molecule has 5 nitrogen and oxygen atoms in total. The number of hydrogen-bond donors (Lipinski definition) is 1. The molecule has 5 heteroatoms. The van der Waals surface area contributed by atoms with Crippen molar-refractivity contribution < 1.29 is 14.3 Å². The van der Waals surface area contributed by atoms with Crippen molar-refractivity contribution in [2.24, 2.45) is 0 Å². The molecule has 0 aliphatic carbocycles. The van der Waals surface area contributed by atoms with E-state index >= 15 is 0 Å². The fourth-order valence-electron chi connectivity index (χ4n) is 3.21. The zero-order valence-corrected chi connectivity index (χ0v) is 14.2. The SMILES string of the molecule is COc1cc2c(cc1OC)[C@@H](C)N(C(=O)c1ccc(N)cc1)CC2. The second-order valence-electron chi connectivity index (χ2n) is 5.95. The molecule has 0 aromatic heterocycles. The number of amides is 1. The molecule has 1 aliphatic heterocycles. The van der Waals surface area contributed by atoms with E-state index in [0.29, 0.717) is 23.5 Å². The normalized spacial score (nSPS) is 16.5. The lowest BCUT2D eigenvalue weighted by Gasteiger charge is -2.36. The lowest BCUT2D eigenvalue weighted by molar-refractivity contribution is 0.0677. The molecule has 126 valence electrons. The maximum Gasteiger partial charge on any atom is 0.254 e. The Bertz CT molecular complexity index is 756. The highest BCUT2D eigenvalue weighted by Crippen LogP contribution is 2.38. The first-order chi connectivity index (χ1) is 11.5. The average molecular weight is 326 g/mol. The number of hydrogen-bond acceptors (Lipinski definition) is 4. The van der Waals surface area contributed by atoms with Crippen LogP contribution in [0.25, 0.3) is 0 Å². The fraction of sp³-hybridized carbons (Fsp3) is 0.316. The maximum atomic E-state index is 12.8. The van der Waals surface area contributed by atoms with Crippen molar-refractivity contribution in [1.29, 1.82) is 0 Å². The molecule has 0 radical (unpaired) electrons. The van der Waals surface area contributed by atoms with Crippen molar-refractivity contribution in [3.8, 4) is 11.5 Å². The van der Waals surface area contributed by atoms with E-state index in [9.17, 15) is 4.79 Å². The molecule has 1 atom stereocenters. The number of rotatable bonds is 3. The Labute approximate surface area is 142 Å². The second kappa shape index (κ2) is 6.43. The van der Waals surface area contributed by atoms with Crippen molar-refractivity contribution in [1.82, 2.24) is 4.90 Å². The topological polar surface area (TPSA) is 64.8 Å². The van der Waals surface area contributed by atoms with Crippen LogP contribution in [0.1, 0.15) is 34.5 Å². The molecule has 0 fully saturated rings. The van der Waals surface area contributed by atoms with E-state index in [1.165, 1.54) is 5.56 Å². The molecule has 3 rings (SSSR count). The van der Waals surface area contributed by atoms with Gasteiger partial charge in [-0.15, -0.1) is 0 Å². The molecule has 0 saturated heterocycles. The minimum absolute atomic E-state index is 0.0166. The molecule has 2 aromatic rings. The van der Waals surface area contributed by atoms with Crippen LogP contribution in [-0.2, 0) is 6.42 Å². The molecular formula is C19H22N2O3. The number of nitrogens with two attached hydrogens (primary N) is 1. The van der Waals surface area contributed by atoms with Crippen LogP contribution < -0.4 is 15.2 Å². The van der Waals surface area contributed by atoms with Gasteiger partial charge in [-0.1, -0.05) is 0 Å². The number of methoxy groups -OCH3 is 2. The molecule has 1 amide bonds. The van der Waals surface area contributed by atoms with Gasteiger partial charge in [0.05, 0.1) is 20.3 Å². The summed E-state index contributed by atoms with van der Waals surface area (Å²) in [5.74, 6) is 1.43. The lowest BCUT2D eigenvalue weighted by Crippen LogP contribution is -2.38. The van der Waals surface area contributed by atoms with E-state index in [2.05, 4.69) is 0 Å². The van der Waals surface area contributed by atoms with Crippen LogP contribution in [0, 0.1) is 0 Å². The van der Waals surface area contributed by atoms with Crippen molar-refractivity contribution in [3.63, 3.8) is 0 Å². The monoisotopic (exact) mass is 326 g/mol. The predicted octanol–water partition coefficient (Wildman–Crippen LogP) is 3.05. The van der Waals surface area contributed by atoms with Gasteiger partial charge in [-0.25, -0.2) is 0 Å². The minimum atomic E-state index is -0.0291. The molecule has 2 N–H and O–H groups in total. The van der Waals surface area contributed by atoms with Crippen LogP contribution in [0.5, 0.6) is 11.5 Å². The fourth-order valence-corrected chi connectivity index (χ4v) is 3.21. The zero-order chi connectivity index (χ0) is 17.3. The average Bonchev–Trinajstić information content (AvgIpc) is 2.61. The second-order valence-corrected chi connectivity index (χ2v) is 5.95. The van der Waals surface area contributed by atoms with Crippen molar-refractivity contribution in [2.75, 3.05) is 26.5 Å². The van der Waals surface area contributed by atoms with Crippen LogP contribution in [0.2, 0.25) is 0 Å². The molecule has 1 aliphatic rings. The summed E-state index contributed by atoms with van der Waals surface area (Å²) < 4.78 is 10.8. The number of nitrogen functional groups attached to an aromatic ring is 1. The molecule has 1 heterocycles. The molecule has 0 saturated carbocycles. The van der Waals surface area contributed by atoms with Gasteiger partial charge >= 0.3 is 0 Å². The van der Waals surface area contributed by atoms with Gasteiger partial charge in [0.25, 0.3) is 5.91 Å². The number of fused-ring (bicyclic) bond motifs is 1. The van der Waals surface area contributed by atoms with Gasteiger partial charge in [0.2, 0.25) is 0 Å². The van der Waals surface area contributed by atoms with Gasteiger partial charge in [-0.05, 0) is 60.9 Å². The number of anilines is 1. The third-order valence-electron chi connectivity index (χ3n) is 4.60. The van der Waals surface area contributed by atoms with Crippen LogP contribution in [0.15, 0.2) is 36.4 Å². The molecule has 0 bridgehead atoms. The summed E-state index contributed by atoms with van der Waals surface area (Å²) in [6.07, 6.45) is 0.792. The Morgan fingerprint density at radius 2 is 1.75 bits per heavy atom. The first kappa shape index (κ1) is 16.2. The van der Waals surface area contributed by atoms with E-state index in [1.807, 2.05) is 24.0 Å². The van der Waals surface area contributed by atoms with Crippen molar-refractivity contribution >= 4 is 11.6 Å². The van der Waals surface area contributed by atoms with Crippen LogP contribution >= 0.6 is 0 Å². The summed E-state index contributed by atoms with van der Waals surface area (Å²) in [6, 6.07) is 11.0. The van der Waals surface area contributed by atoms with E-state index < -0.39 is 0 Å². The number of carbonyl (C=O) groups excluding carboxylic acids is 1. The highest BCUT2D eigenvalue weighted by atomic mass is 16.5. The third kappa shape index (κ3) is 2.77. The Balaban J connectivity index is 1.92. The number of carbonyl (C=O) groups is 1. The first-order valence-corrected chi connectivity index (χ1v) is 7.96. The predicted molar refractivity (Wildman–Crippen MR) is 93.6 cm³/mol. The maximum absolute atomic E-state index is 12.8. The Morgan fingerprint density at radius 1 is 1.12 bits per heavy atom. The summed E-state index contributed by atoms with van der Waals surface area (Å²) in [6.45, 7) is 2.71. The van der Waals surface area contributed by atoms with Gasteiger partial charge in [-0.2, -0.15) is 0 Å². The highest BCUT2D eigenvalue weighted by molar-refractivity contribution is 5.95. The lowest BCUT2D eigenvalue weighted by atomic mass is 9.92.